The molecular formula is C15H24ClNO. The van der Waals surface area contributed by atoms with Gasteiger partial charge >= 0.3 is 0 Å². The van der Waals surface area contributed by atoms with Gasteiger partial charge in [-0.25, -0.2) is 0 Å². The van der Waals surface area contributed by atoms with Crippen molar-refractivity contribution in [3.63, 3.8) is 0 Å². The van der Waals surface area contributed by atoms with Crippen LogP contribution in [0.2, 0.25) is 5.02 Å². The molecule has 0 bridgehead atoms. The van der Waals surface area contributed by atoms with E-state index in [1.165, 1.54) is 0 Å². The molecule has 0 atom stereocenters. The van der Waals surface area contributed by atoms with Crippen molar-refractivity contribution in [3.05, 3.63) is 29.3 Å². The van der Waals surface area contributed by atoms with Crippen LogP contribution in [0.5, 0.6) is 5.75 Å². The summed E-state index contributed by atoms with van der Waals surface area (Å²) >= 11 is 6.06. The van der Waals surface area contributed by atoms with Gasteiger partial charge in [0.2, 0.25) is 0 Å². The van der Waals surface area contributed by atoms with Gasteiger partial charge in [0.05, 0.1) is 11.6 Å². The van der Waals surface area contributed by atoms with Gasteiger partial charge in [0.15, 0.2) is 0 Å². The number of hydrogen-bond acceptors (Lipinski definition) is 2. The summed E-state index contributed by atoms with van der Waals surface area (Å²) in [6.45, 7) is 11.4. The number of hydrogen-bond donors (Lipinski definition) is 1. The molecule has 0 aliphatic heterocycles. The average Bonchev–Trinajstić information content (AvgIpc) is 2.27. The zero-order valence-corrected chi connectivity index (χ0v) is 12.6. The SMILES string of the molecule is CC(C)CNCC(C)(C)COc1ccccc1Cl. The molecule has 0 heterocycles. The first kappa shape index (κ1) is 15.3. The number of ether oxygens (including phenoxy) is 1. The van der Waals surface area contributed by atoms with Crippen LogP contribution in [0, 0.1) is 11.3 Å². The molecule has 0 aromatic heterocycles. The van der Waals surface area contributed by atoms with E-state index in [0.29, 0.717) is 17.5 Å². The summed E-state index contributed by atoms with van der Waals surface area (Å²) in [5, 5.41) is 4.13. The lowest BCUT2D eigenvalue weighted by atomic mass is 9.94. The van der Waals surface area contributed by atoms with Crippen molar-refractivity contribution in [1.82, 2.24) is 5.32 Å². The Morgan fingerprint density at radius 3 is 2.56 bits per heavy atom. The number of nitrogens with one attached hydrogen (secondary N) is 1. The predicted octanol–water partition coefficient (Wildman–Crippen LogP) is 3.99. The van der Waals surface area contributed by atoms with Crippen molar-refractivity contribution in [2.75, 3.05) is 19.7 Å². The fraction of sp³-hybridized carbons (Fsp3) is 0.600. The maximum atomic E-state index is 6.06. The van der Waals surface area contributed by atoms with E-state index in [1.54, 1.807) is 0 Å². The summed E-state index contributed by atoms with van der Waals surface area (Å²) < 4.78 is 5.79. The van der Waals surface area contributed by atoms with Gasteiger partial charge in [-0.1, -0.05) is 51.4 Å². The molecule has 1 aromatic rings. The number of halogens is 1. The molecule has 0 unspecified atom stereocenters. The molecule has 1 rings (SSSR count). The Bertz CT molecular complexity index is 363. The monoisotopic (exact) mass is 269 g/mol. The summed E-state index contributed by atoms with van der Waals surface area (Å²) in [7, 11) is 0. The summed E-state index contributed by atoms with van der Waals surface area (Å²) in [6, 6.07) is 7.59. The third kappa shape index (κ3) is 5.74. The second-order valence-corrected chi connectivity index (χ2v) is 6.32. The second kappa shape index (κ2) is 7.01. The lowest BCUT2D eigenvalue weighted by Gasteiger charge is -2.26. The Morgan fingerprint density at radius 2 is 1.94 bits per heavy atom. The highest BCUT2D eigenvalue weighted by Crippen LogP contribution is 2.25. The molecule has 0 saturated heterocycles. The van der Waals surface area contributed by atoms with Crippen molar-refractivity contribution in [2.45, 2.75) is 27.7 Å². The van der Waals surface area contributed by atoms with Gasteiger partial charge in [0.1, 0.15) is 5.75 Å². The molecular weight excluding hydrogens is 246 g/mol. The summed E-state index contributed by atoms with van der Waals surface area (Å²) in [6.07, 6.45) is 0. The quantitative estimate of drug-likeness (QED) is 0.808. The molecule has 1 N–H and O–H groups in total. The Labute approximate surface area is 116 Å². The minimum absolute atomic E-state index is 0.0913. The normalized spacial score (nSPS) is 11.9. The highest BCUT2D eigenvalue weighted by atomic mass is 35.5. The van der Waals surface area contributed by atoms with Gasteiger partial charge < -0.3 is 10.1 Å². The van der Waals surface area contributed by atoms with Gasteiger partial charge in [-0.3, -0.25) is 0 Å². The fourth-order valence-electron chi connectivity index (χ4n) is 1.59. The molecule has 2 nitrogen and oxygen atoms in total. The van der Waals surface area contributed by atoms with Crippen LogP contribution in [0.1, 0.15) is 27.7 Å². The standard InChI is InChI=1S/C15H24ClNO/c1-12(2)9-17-10-15(3,4)11-18-14-8-6-5-7-13(14)16/h5-8,12,17H,9-11H2,1-4H3. The van der Waals surface area contributed by atoms with Crippen LogP contribution in [0.15, 0.2) is 24.3 Å². The van der Waals surface area contributed by atoms with Gasteiger partial charge in [-0.05, 0) is 24.6 Å². The van der Waals surface area contributed by atoms with E-state index in [4.69, 9.17) is 16.3 Å². The van der Waals surface area contributed by atoms with Gasteiger partial charge in [-0.2, -0.15) is 0 Å². The molecule has 0 fully saturated rings. The molecule has 0 saturated carbocycles. The smallest absolute Gasteiger partial charge is 0.137 e. The van der Waals surface area contributed by atoms with Gasteiger partial charge in [-0.15, -0.1) is 0 Å². The summed E-state index contributed by atoms with van der Waals surface area (Å²) in [5.41, 5.74) is 0.0913. The van der Waals surface area contributed by atoms with E-state index < -0.39 is 0 Å². The van der Waals surface area contributed by atoms with Crippen molar-refractivity contribution in [1.29, 1.82) is 0 Å². The molecule has 0 aliphatic carbocycles. The minimum atomic E-state index is 0.0913. The molecule has 1 aromatic carbocycles. The second-order valence-electron chi connectivity index (χ2n) is 5.91. The molecule has 0 radical (unpaired) electrons. The largest absolute Gasteiger partial charge is 0.491 e. The van der Waals surface area contributed by atoms with Gasteiger partial charge in [0, 0.05) is 12.0 Å². The number of rotatable bonds is 7. The van der Waals surface area contributed by atoms with E-state index in [0.717, 1.165) is 18.8 Å². The first-order valence-corrected chi connectivity index (χ1v) is 6.86. The van der Waals surface area contributed by atoms with Crippen molar-refractivity contribution < 1.29 is 4.74 Å². The maximum absolute atomic E-state index is 6.06. The topological polar surface area (TPSA) is 21.3 Å². The van der Waals surface area contributed by atoms with Crippen LogP contribution >= 0.6 is 11.6 Å². The van der Waals surface area contributed by atoms with Crippen LogP contribution < -0.4 is 10.1 Å². The van der Waals surface area contributed by atoms with Gasteiger partial charge in [0.25, 0.3) is 0 Å². The highest BCUT2D eigenvalue weighted by molar-refractivity contribution is 6.32. The zero-order valence-electron chi connectivity index (χ0n) is 11.8. The Balaban J connectivity index is 2.39. The summed E-state index contributed by atoms with van der Waals surface area (Å²) in [4.78, 5) is 0. The third-order valence-electron chi connectivity index (χ3n) is 2.61. The van der Waals surface area contributed by atoms with Crippen molar-refractivity contribution >= 4 is 11.6 Å². The van der Waals surface area contributed by atoms with Crippen LogP contribution in [-0.2, 0) is 0 Å². The first-order valence-electron chi connectivity index (χ1n) is 6.49. The summed E-state index contributed by atoms with van der Waals surface area (Å²) in [5.74, 6) is 1.43. The van der Waals surface area contributed by atoms with Crippen LogP contribution in [0.4, 0.5) is 0 Å². The Hall–Kier alpha value is -0.730. The molecule has 0 aliphatic rings. The zero-order chi connectivity index (χ0) is 13.6. The lowest BCUT2D eigenvalue weighted by molar-refractivity contribution is 0.175. The van der Waals surface area contributed by atoms with Crippen molar-refractivity contribution in [3.8, 4) is 5.75 Å². The molecule has 0 spiro atoms. The van der Waals surface area contributed by atoms with Crippen LogP contribution in [-0.4, -0.2) is 19.7 Å². The molecule has 18 heavy (non-hydrogen) atoms. The lowest BCUT2D eigenvalue weighted by Crippen LogP contribution is -2.35. The highest BCUT2D eigenvalue weighted by Gasteiger charge is 2.19. The molecule has 3 heteroatoms. The molecule has 0 amide bonds. The van der Waals surface area contributed by atoms with Crippen LogP contribution in [0.3, 0.4) is 0 Å². The fourth-order valence-corrected chi connectivity index (χ4v) is 1.78. The Kier molecular flexibility index (Phi) is 5.97. The minimum Gasteiger partial charge on any atom is -0.491 e. The molecule has 102 valence electrons. The van der Waals surface area contributed by atoms with E-state index in [1.807, 2.05) is 24.3 Å². The third-order valence-corrected chi connectivity index (χ3v) is 2.92. The van der Waals surface area contributed by atoms with Crippen molar-refractivity contribution in [2.24, 2.45) is 11.3 Å². The van der Waals surface area contributed by atoms with E-state index in [2.05, 4.69) is 33.0 Å². The number of benzene rings is 1. The average molecular weight is 270 g/mol. The van der Waals surface area contributed by atoms with E-state index in [9.17, 15) is 0 Å². The predicted molar refractivity (Wildman–Crippen MR) is 78.4 cm³/mol. The van der Waals surface area contributed by atoms with Crippen LogP contribution in [0.25, 0.3) is 0 Å². The van der Waals surface area contributed by atoms with E-state index >= 15 is 0 Å². The van der Waals surface area contributed by atoms with E-state index in [-0.39, 0.29) is 5.41 Å². The number of para-hydroxylation sites is 1. The maximum Gasteiger partial charge on any atom is 0.137 e. The Morgan fingerprint density at radius 1 is 1.28 bits per heavy atom. The first-order chi connectivity index (χ1) is 8.41.